The molecule has 2 saturated heterocycles. The Labute approximate surface area is 163 Å². The molecule has 0 amide bonds. The second-order valence-electron chi connectivity index (χ2n) is 7.96. The zero-order valence-electron chi connectivity index (χ0n) is 16.3. The first kappa shape index (κ1) is 17.8. The maximum atomic E-state index is 9.20. The lowest BCUT2D eigenvalue weighted by atomic mass is 10.1. The molecule has 3 aromatic rings. The number of ether oxygens (including phenoxy) is 1. The van der Waals surface area contributed by atoms with Crippen molar-refractivity contribution in [1.82, 2.24) is 29.0 Å². The Bertz CT molecular complexity index is 996. The highest BCUT2D eigenvalue weighted by atomic mass is 16.5. The first-order valence-corrected chi connectivity index (χ1v) is 9.95. The third-order valence-electron chi connectivity index (χ3n) is 6.00. The Morgan fingerprint density at radius 3 is 3.00 bits per heavy atom. The van der Waals surface area contributed by atoms with Crippen molar-refractivity contribution in [2.45, 2.75) is 44.9 Å². The van der Waals surface area contributed by atoms with Gasteiger partial charge in [-0.25, -0.2) is 14.5 Å². The van der Waals surface area contributed by atoms with E-state index in [-0.39, 0.29) is 12.7 Å². The number of aryl methyl sites for hydroxylation is 2. The summed E-state index contributed by atoms with van der Waals surface area (Å²) in [4.78, 5) is 11.9. The standard InChI is InChI=1S/C20H26N6O2/c1-13-7-14(2)26-20(23-13)18(9-22-26)19-21-4-5-25(19)15-8-16-12-28-17(3-6-27)11-24(16)10-15/h4-5,7,9,15-17,27H,3,6,8,10-12H2,1-2H3/t15-,16-,17-/m0/s1. The van der Waals surface area contributed by atoms with E-state index in [9.17, 15) is 5.11 Å². The van der Waals surface area contributed by atoms with E-state index in [1.54, 1.807) is 0 Å². The quantitative estimate of drug-likeness (QED) is 0.738. The van der Waals surface area contributed by atoms with Gasteiger partial charge in [0.15, 0.2) is 5.65 Å². The maximum absolute atomic E-state index is 9.20. The van der Waals surface area contributed by atoms with Gasteiger partial charge in [-0.1, -0.05) is 0 Å². The van der Waals surface area contributed by atoms with Crippen LogP contribution in [0, 0.1) is 13.8 Å². The highest BCUT2D eigenvalue weighted by Crippen LogP contribution is 2.34. The normalized spacial score (nSPS) is 25.5. The Morgan fingerprint density at radius 2 is 2.14 bits per heavy atom. The average Bonchev–Trinajstić information content (AvgIpc) is 3.38. The van der Waals surface area contributed by atoms with Crippen LogP contribution in [0.2, 0.25) is 0 Å². The van der Waals surface area contributed by atoms with E-state index >= 15 is 0 Å². The molecule has 5 rings (SSSR count). The van der Waals surface area contributed by atoms with E-state index < -0.39 is 0 Å². The van der Waals surface area contributed by atoms with E-state index in [0.717, 1.165) is 54.5 Å². The fraction of sp³-hybridized carbons (Fsp3) is 0.550. The first-order chi connectivity index (χ1) is 13.6. The molecule has 3 aromatic heterocycles. The minimum absolute atomic E-state index is 0.136. The van der Waals surface area contributed by atoms with E-state index in [1.807, 2.05) is 36.8 Å². The molecular formula is C20H26N6O2. The van der Waals surface area contributed by atoms with Crippen molar-refractivity contribution in [3.63, 3.8) is 0 Å². The monoisotopic (exact) mass is 382 g/mol. The van der Waals surface area contributed by atoms with Crippen LogP contribution in [0.25, 0.3) is 17.0 Å². The van der Waals surface area contributed by atoms with Gasteiger partial charge in [-0.15, -0.1) is 0 Å². The summed E-state index contributed by atoms with van der Waals surface area (Å²) in [5.41, 5.74) is 3.87. The zero-order chi connectivity index (χ0) is 19.3. The van der Waals surface area contributed by atoms with Crippen molar-refractivity contribution < 1.29 is 9.84 Å². The molecule has 0 saturated carbocycles. The largest absolute Gasteiger partial charge is 0.396 e. The Balaban J connectivity index is 1.45. The van der Waals surface area contributed by atoms with Gasteiger partial charge >= 0.3 is 0 Å². The highest BCUT2D eigenvalue weighted by molar-refractivity contribution is 5.72. The van der Waals surface area contributed by atoms with Crippen molar-refractivity contribution in [2.75, 3.05) is 26.3 Å². The summed E-state index contributed by atoms with van der Waals surface area (Å²) >= 11 is 0. The van der Waals surface area contributed by atoms with Crippen LogP contribution in [0.5, 0.6) is 0 Å². The van der Waals surface area contributed by atoms with Crippen molar-refractivity contribution in [2.24, 2.45) is 0 Å². The molecule has 0 aromatic carbocycles. The topological polar surface area (TPSA) is 80.7 Å². The van der Waals surface area contributed by atoms with E-state index in [0.29, 0.717) is 18.5 Å². The molecule has 5 heterocycles. The molecule has 0 spiro atoms. The van der Waals surface area contributed by atoms with Crippen LogP contribution in [0.3, 0.4) is 0 Å². The van der Waals surface area contributed by atoms with Gasteiger partial charge in [0.1, 0.15) is 5.82 Å². The summed E-state index contributed by atoms with van der Waals surface area (Å²) in [6, 6.07) is 2.81. The number of aromatic nitrogens is 5. The molecule has 8 nitrogen and oxygen atoms in total. The zero-order valence-corrected chi connectivity index (χ0v) is 16.3. The molecule has 0 bridgehead atoms. The van der Waals surface area contributed by atoms with Crippen molar-refractivity contribution in [3.05, 3.63) is 36.0 Å². The van der Waals surface area contributed by atoms with Crippen molar-refractivity contribution in [1.29, 1.82) is 0 Å². The predicted molar refractivity (Wildman–Crippen MR) is 104 cm³/mol. The maximum Gasteiger partial charge on any atom is 0.166 e. The molecule has 148 valence electrons. The second-order valence-corrected chi connectivity index (χ2v) is 7.96. The number of aliphatic hydroxyl groups excluding tert-OH is 1. The second kappa shape index (κ2) is 6.95. The summed E-state index contributed by atoms with van der Waals surface area (Å²) in [5.74, 6) is 0.921. The van der Waals surface area contributed by atoms with E-state index in [2.05, 4.69) is 25.7 Å². The summed E-state index contributed by atoms with van der Waals surface area (Å²) in [6.07, 6.45) is 7.69. The fourth-order valence-electron chi connectivity index (χ4n) is 4.68. The van der Waals surface area contributed by atoms with Crippen LogP contribution in [0.15, 0.2) is 24.7 Å². The molecule has 2 aliphatic rings. The number of nitrogens with zero attached hydrogens (tertiary/aromatic N) is 6. The van der Waals surface area contributed by atoms with Gasteiger partial charge in [0, 0.05) is 55.6 Å². The lowest BCUT2D eigenvalue weighted by Gasteiger charge is -2.34. The molecule has 28 heavy (non-hydrogen) atoms. The minimum Gasteiger partial charge on any atom is -0.396 e. The summed E-state index contributed by atoms with van der Waals surface area (Å²) < 4.78 is 10.1. The molecule has 8 heteroatoms. The van der Waals surface area contributed by atoms with Crippen LogP contribution in [-0.2, 0) is 4.74 Å². The van der Waals surface area contributed by atoms with Crippen LogP contribution >= 0.6 is 0 Å². The average molecular weight is 382 g/mol. The van der Waals surface area contributed by atoms with Gasteiger partial charge in [-0.05, 0) is 32.8 Å². The highest BCUT2D eigenvalue weighted by Gasteiger charge is 2.38. The van der Waals surface area contributed by atoms with E-state index in [1.165, 1.54) is 0 Å². The van der Waals surface area contributed by atoms with Crippen LogP contribution < -0.4 is 0 Å². The lowest BCUT2D eigenvalue weighted by Crippen LogP contribution is -2.46. The van der Waals surface area contributed by atoms with Gasteiger partial charge in [0.25, 0.3) is 0 Å². The van der Waals surface area contributed by atoms with Gasteiger partial charge in [0.2, 0.25) is 0 Å². The van der Waals surface area contributed by atoms with Gasteiger partial charge < -0.3 is 14.4 Å². The molecule has 2 fully saturated rings. The SMILES string of the molecule is Cc1cc(C)n2ncc(-c3nccn3[C@H]3C[C@H]4CO[C@@H](CCO)CN4C3)c2n1. The summed E-state index contributed by atoms with van der Waals surface area (Å²) in [7, 11) is 0. The van der Waals surface area contributed by atoms with Crippen molar-refractivity contribution in [3.8, 4) is 11.4 Å². The number of hydrogen-bond acceptors (Lipinski definition) is 6. The van der Waals surface area contributed by atoms with Crippen molar-refractivity contribution >= 4 is 5.65 Å². The smallest absolute Gasteiger partial charge is 0.166 e. The molecule has 0 radical (unpaired) electrons. The van der Waals surface area contributed by atoms with Gasteiger partial charge in [-0.3, -0.25) is 4.90 Å². The molecule has 2 aliphatic heterocycles. The lowest BCUT2D eigenvalue weighted by molar-refractivity contribution is -0.0567. The Hall–Kier alpha value is -2.29. The molecule has 3 atom stereocenters. The summed E-state index contributed by atoms with van der Waals surface area (Å²) in [5, 5.41) is 13.7. The fourth-order valence-corrected chi connectivity index (χ4v) is 4.68. The van der Waals surface area contributed by atoms with Crippen LogP contribution in [0.1, 0.15) is 30.3 Å². The van der Waals surface area contributed by atoms with Gasteiger partial charge in [0.05, 0.1) is 24.5 Å². The molecule has 0 aliphatic carbocycles. The predicted octanol–water partition coefficient (Wildman–Crippen LogP) is 1.61. The first-order valence-electron chi connectivity index (χ1n) is 9.95. The van der Waals surface area contributed by atoms with E-state index in [4.69, 9.17) is 9.72 Å². The van der Waals surface area contributed by atoms with Gasteiger partial charge in [-0.2, -0.15) is 5.10 Å². The minimum atomic E-state index is 0.136. The third-order valence-corrected chi connectivity index (χ3v) is 6.00. The number of fused-ring (bicyclic) bond motifs is 2. The third kappa shape index (κ3) is 2.92. The number of imidazole rings is 1. The Morgan fingerprint density at radius 1 is 1.25 bits per heavy atom. The molecule has 1 N–H and O–H groups in total. The number of rotatable bonds is 4. The van der Waals surface area contributed by atoms with Crippen LogP contribution in [0.4, 0.5) is 0 Å². The molecular weight excluding hydrogens is 356 g/mol. The molecule has 0 unspecified atom stereocenters. The summed E-state index contributed by atoms with van der Waals surface area (Å²) in [6.45, 7) is 6.84. The Kier molecular flexibility index (Phi) is 4.41. The number of hydrogen-bond donors (Lipinski definition) is 1. The number of aliphatic hydroxyl groups is 1. The van der Waals surface area contributed by atoms with Crippen LogP contribution in [-0.4, -0.2) is 72.6 Å². The number of morpholine rings is 1.